The van der Waals surface area contributed by atoms with Crippen LogP contribution in [0.3, 0.4) is 0 Å². The van der Waals surface area contributed by atoms with Crippen molar-refractivity contribution < 1.29 is 9.47 Å². The molecule has 0 N–H and O–H groups in total. The molecule has 0 saturated carbocycles. The summed E-state index contributed by atoms with van der Waals surface area (Å²) in [6.45, 7) is 0.0121. The molecule has 6 aromatic rings. The monoisotopic (exact) mass is 606 g/mol. The van der Waals surface area contributed by atoms with Crippen molar-refractivity contribution in [2.24, 2.45) is 0 Å². The molecule has 0 amide bonds. The molecule has 4 nitrogen and oxygen atoms in total. The Hall–Kier alpha value is -5.68. The molecule has 0 radical (unpaired) electrons. The van der Waals surface area contributed by atoms with E-state index in [4.69, 9.17) is 9.47 Å². The number of ether oxygens (including phenoxy) is 2. The zero-order valence-corrected chi connectivity index (χ0v) is 25.9. The first kappa shape index (κ1) is 26.5. The van der Waals surface area contributed by atoms with E-state index in [-0.39, 0.29) is 6.71 Å². The van der Waals surface area contributed by atoms with Gasteiger partial charge in [-0.25, -0.2) is 0 Å². The van der Waals surface area contributed by atoms with Gasteiger partial charge in [0.1, 0.15) is 23.0 Å². The van der Waals surface area contributed by atoms with Gasteiger partial charge in [-0.05, 0) is 96.3 Å². The second-order valence-corrected chi connectivity index (χ2v) is 12.7. The predicted molar refractivity (Wildman–Crippen MR) is 192 cm³/mol. The van der Waals surface area contributed by atoms with Crippen LogP contribution in [-0.4, -0.2) is 6.71 Å². The van der Waals surface area contributed by atoms with Crippen LogP contribution in [0.2, 0.25) is 0 Å². The van der Waals surface area contributed by atoms with Crippen LogP contribution in [0.15, 0.2) is 151 Å². The molecular weight excluding hydrogens is 575 g/mol. The van der Waals surface area contributed by atoms with E-state index in [1.807, 2.05) is 6.07 Å². The van der Waals surface area contributed by atoms with Crippen molar-refractivity contribution in [2.45, 2.75) is 25.7 Å². The SMILES string of the molecule is c1ccc(-c2ccc3c(c2)B2c4ccc(N5C6=C(CCCC6)N(c6ccccc6)c6ccccc65)cc4Oc4cccc(c42)O3)cc1. The molecule has 4 aliphatic rings. The topological polar surface area (TPSA) is 24.9 Å². The number of anilines is 4. The molecule has 0 aromatic heterocycles. The zero-order chi connectivity index (χ0) is 30.9. The van der Waals surface area contributed by atoms with Gasteiger partial charge >= 0.3 is 0 Å². The zero-order valence-electron chi connectivity index (χ0n) is 25.9. The van der Waals surface area contributed by atoms with E-state index >= 15 is 0 Å². The van der Waals surface area contributed by atoms with Gasteiger partial charge in [0.25, 0.3) is 6.71 Å². The molecular formula is C42H31BN2O2. The Kier molecular flexibility index (Phi) is 5.89. The van der Waals surface area contributed by atoms with Crippen LogP contribution < -0.4 is 35.7 Å². The number of rotatable bonds is 3. The minimum atomic E-state index is 0.0121. The lowest BCUT2D eigenvalue weighted by molar-refractivity contribution is 0.464. The van der Waals surface area contributed by atoms with Gasteiger partial charge in [0.2, 0.25) is 0 Å². The Bertz CT molecular complexity index is 2230. The average molecular weight is 607 g/mol. The molecule has 0 spiro atoms. The number of hydrogen-bond donors (Lipinski definition) is 0. The molecule has 5 heteroatoms. The van der Waals surface area contributed by atoms with E-state index in [2.05, 4.69) is 143 Å². The van der Waals surface area contributed by atoms with Crippen molar-refractivity contribution in [2.75, 3.05) is 9.80 Å². The van der Waals surface area contributed by atoms with E-state index in [9.17, 15) is 0 Å². The Morgan fingerprint density at radius 3 is 1.81 bits per heavy atom. The van der Waals surface area contributed by atoms with Crippen molar-refractivity contribution >= 4 is 45.9 Å². The molecule has 0 fully saturated rings. The fourth-order valence-corrected chi connectivity index (χ4v) is 8.02. The lowest BCUT2D eigenvalue weighted by atomic mass is 9.34. The van der Waals surface area contributed by atoms with E-state index < -0.39 is 0 Å². The van der Waals surface area contributed by atoms with Crippen molar-refractivity contribution in [3.63, 3.8) is 0 Å². The fraction of sp³-hybridized carbons (Fsp3) is 0.0952. The Balaban J connectivity index is 1.13. The Labute approximate surface area is 275 Å². The van der Waals surface area contributed by atoms with Gasteiger partial charge in [-0.3, -0.25) is 0 Å². The number of hydrogen-bond acceptors (Lipinski definition) is 4. The third-order valence-electron chi connectivity index (χ3n) is 10.1. The van der Waals surface area contributed by atoms with Gasteiger partial charge in [0.15, 0.2) is 0 Å². The van der Waals surface area contributed by atoms with Gasteiger partial charge in [-0.1, -0.05) is 84.9 Å². The maximum atomic E-state index is 6.77. The smallest absolute Gasteiger partial charge is 0.260 e. The highest BCUT2D eigenvalue weighted by atomic mass is 16.5. The van der Waals surface area contributed by atoms with E-state index in [0.29, 0.717) is 0 Å². The molecule has 0 unspecified atom stereocenters. The summed E-state index contributed by atoms with van der Waals surface area (Å²) < 4.78 is 13.3. The van der Waals surface area contributed by atoms with Gasteiger partial charge in [-0.15, -0.1) is 0 Å². The highest BCUT2D eigenvalue weighted by Gasteiger charge is 2.41. The summed E-state index contributed by atoms with van der Waals surface area (Å²) in [5.41, 5.74) is 13.3. The quantitative estimate of drug-likeness (QED) is 0.187. The van der Waals surface area contributed by atoms with Crippen LogP contribution in [0.4, 0.5) is 22.7 Å². The molecule has 0 saturated heterocycles. The first-order chi connectivity index (χ1) is 23.3. The summed E-state index contributed by atoms with van der Waals surface area (Å²) in [6.07, 6.45) is 4.46. The van der Waals surface area contributed by atoms with Gasteiger partial charge in [0, 0.05) is 34.3 Å². The van der Waals surface area contributed by atoms with Crippen molar-refractivity contribution in [1.82, 2.24) is 0 Å². The number of benzene rings is 6. The summed E-state index contributed by atoms with van der Waals surface area (Å²) in [7, 11) is 0. The number of allylic oxidation sites excluding steroid dienone is 2. The lowest BCUT2D eigenvalue weighted by Crippen LogP contribution is -2.57. The highest BCUT2D eigenvalue weighted by molar-refractivity contribution is 6.98. The summed E-state index contributed by atoms with van der Waals surface area (Å²) in [6, 6.07) is 49.8. The van der Waals surface area contributed by atoms with Crippen LogP contribution in [0.5, 0.6) is 23.0 Å². The van der Waals surface area contributed by atoms with Crippen molar-refractivity contribution in [1.29, 1.82) is 0 Å². The maximum Gasteiger partial charge on any atom is 0.260 e. The first-order valence-electron chi connectivity index (χ1n) is 16.6. The minimum Gasteiger partial charge on any atom is -0.458 e. The third-order valence-corrected chi connectivity index (χ3v) is 10.1. The molecule has 1 aliphatic carbocycles. The summed E-state index contributed by atoms with van der Waals surface area (Å²) >= 11 is 0. The van der Waals surface area contributed by atoms with Crippen LogP contribution >= 0.6 is 0 Å². The number of fused-ring (bicyclic) bond motifs is 5. The second-order valence-electron chi connectivity index (χ2n) is 12.7. The molecule has 0 bridgehead atoms. The van der Waals surface area contributed by atoms with Crippen molar-refractivity contribution in [3.05, 3.63) is 151 Å². The normalized spacial score (nSPS) is 15.4. The molecule has 3 aliphatic heterocycles. The largest absolute Gasteiger partial charge is 0.458 e. The minimum absolute atomic E-state index is 0.0121. The van der Waals surface area contributed by atoms with Gasteiger partial charge in [0.05, 0.1) is 11.4 Å². The molecule has 47 heavy (non-hydrogen) atoms. The summed E-state index contributed by atoms with van der Waals surface area (Å²) in [4.78, 5) is 4.97. The van der Waals surface area contributed by atoms with Crippen LogP contribution in [0.1, 0.15) is 25.7 Å². The van der Waals surface area contributed by atoms with Gasteiger partial charge in [-0.2, -0.15) is 0 Å². The average Bonchev–Trinajstić information content (AvgIpc) is 3.14. The molecule has 224 valence electrons. The standard InChI is InChI=1S/C42H31BN2O2/c1-3-12-28(13-4-1)29-22-25-38-33(26-29)43-32-24-23-31(27-41(32)47-40-21-11-20-39(46-38)42(40)43)45-36-18-9-7-16-34(36)44(30-14-5-2-6-15-30)35-17-8-10-19-37(35)45/h1-7,9,11-16,18,20-27H,8,10,17,19H2. The van der Waals surface area contributed by atoms with Crippen LogP contribution in [-0.2, 0) is 0 Å². The number of para-hydroxylation sites is 3. The molecule has 0 atom stereocenters. The first-order valence-corrected chi connectivity index (χ1v) is 16.6. The molecule has 10 rings (SSSR count). The van der Waals surface area contributed by atoms with Crippen LogP contribution in [0.25, 0.3) is 11.1 Å². The Morgan fingerprint density at radius 1 is 0.447 bits per heavy atom. The Morgan fingerprint density at radius 2 is 1.09 bits per heavy atom. The predicted octanol–water partition coefficient (Wildman–Crippen LogP) is 9.16. The lowest BCUT2D eigenvalue weighted by Gasteiger charge is -2.44. The van der Waals surface area contributed by atoms with Crippen LogP contribution in [0, 0.1) is 0 Å². The number of nitrogens with zero attached hydrogens (tertiary/aromatic N) is 2. The van der Waals surface area contributed by atoms with E-state index in [1.54, 1.807) is 0 Å². The maximum absolute atomic E-state index is 6.77. The second kappa shape index (κ2) is 10.4. The van der Waals surface area contributed by atoms with Gasteiger partial charge < -0.3 is 19.3 Å². The summed E-state index contributed by atoms with van der Waals surface area (Å²) in [5.74, 6) is 3.53. The van der Waals surface area contributed by atoms with E-state index in [0.717, 1.165) is 52.5 Å². The molecule has 3 heterocycles. The fourth-order valence-electron chi connectivity index (χ4n) is 8.02. The van der Waals surface area contributed by atoms with E-state index in [1.165, 1.54) is 57.9 Å². The van der Waals surface area contributed by atoms with Crippen molar-refractivity contribution in [3.8, 4) is 34.1 Å². The third kappa shape index (κ3) is 4.09. The highest BCUT2D eigenvalue weighted by Crippen LogP contribution is 2.51. The summed E-state index contributed by atoms with van der Waals surface area (Å²) in [5, 5.41) is 0. The molecule has 6 aromatic carbocycles.